The second-order valence-electron chi connectivity index (χ2n) is 3.71. The molecule has 0 aromatic carbocycles. The first kappa shape index (κ1) is 10.6. The maximum absolute atomic E-state index is 3.53. The van der Waals surface area contributed by atoms with Gasteiger partial charge < -0.3 is 5.32 Å². The van der Waals surface area contributed by atoms with E-state index in [1.165, 1.54) is 44.2 Å². The van der Waals surface area contributed by atoms with Crippen molar-refractivity contribution < 1.29 is 0 Å². The predicted molar refractivity (Wildman–Crippen MR) is 57.8 cm³/mol. The topological polar surface area (TPSA) is 12.0 Å². The molecule has 1 rings (SSSR count). The fourth-order valence-electron chi connectivity index (χ4n) is 1.88. The fraction of sp³-hybridized carbons (Fsp3) is 0.750. The summed E-state index contributed by atoms with van der Waals surface area (Å²) < 4.78 is 0. The highest BCUT2D eigenvalue weighted by atomic mass is 14.9. The van der Waals surface area contributed by atoms with E-state index in [9.17, 15) is 0 Å². The molecule has 0 aliphatic carbocycles. The van der Waals surface area contributed by atoms with Crippen LogP contribution in [0.25, 0.3) is 0 Å². The van der Waals surface area contributed by atoms with Crippen LogP contribution >= 0.6 is 0 Å². The van der Waals surface area contributed by atoms with Crippen LogP contribution in [0.5, 0.6) is 0 Å². The van der Waals surface area contributed by atoms with Gasteiger partial charge in [-0.3, -0.25) is 0 Å². The van der Waals surface area contributed by atoms with Crippen LogP contribution in [-0.4, -0.2) is 12.6 Å². The van der Waals surface area contributed by atoms with Crippen molar-refractivity contribution in [3.8, 4) is 0 Å². The Labute approximate surface area is 81.9 Å². The Bertz CT molecular complexity index is 193. The van der Waals surface area contributed by atoms with Gasteiger partial charge in [0, 0.05) is 6.04 Å². The summed E-state index contributed by atoms with van der Waals surface area (Å²) in [6.07, 6.45) is 8.48. The Balaban J connectivity index is 2.51. The summed E-state index contributed by atoms with van der Waals surface area (Å²) in [5.74, 6) is 0. The second kappa shape index (κ2) is 6.01. The maximum atomic E-state index is 3.53. The Morgan fingerprint density at radius 3 is 3.00 bits per heavy atom. The lowest BCUT2D eigenvalue weighted by Gasteiger charge is -2.12. The van der Waals surface area contributed by atoms with Crippen molar-refractivity contribution in [2.45, 2.75) is 52.0 Å². The molecule has 1 aliphatic heterocycles. The maximum Gasteiger partial charge on any atom is 0.0355 e. The molecule has 0 aromatic heterocycles. The number of unbranched alkanes of at least 4 members (excludes halogenated alkanes) is 1. The summed E-state index contributed by atoms with van der Waals surface area (Å²) in [4.78, 5) is 0. The quantitative estimate of drug-likeness (QED) is 0.654. The van der Waals surface area contributed by atoms with E-state index < -0.39 is 0 Å². The second-order valence-corrected chi connectivity index (χ2v) is 3.71. The van der Waals surface area contributed by atoms with E-state index in [1.807, 2.05) is 6.08 Å². The minimum atomic E-state index is 0.628. The molecule has 0 amide bonds. The van der Waals surface area contributed by atoms with Crippen LogP contribution in [0.2, 0.25) is 0 Å². The molecule has 1 heteroatoms. The van der Waals surface area contributed by atoms with Gasteiger partial charge in [0.05, 0.1) is 0 Å². The van der Waals surface area contributed by atoms with E-state index in [0.29, 0.717) is 6.04 Å². The summed E-state index contributed by atoms with van der Waals surface area (Å²) in [6.45, 7) is 5.49. The molecule has 1 fully saturated rings. The van der Waals surface area contributed by atoms with E-state index in [2.05, 4.69) is 24.9 Å². The lowest BCUT2D eigenvalue weighted by Crippen LogP contribution is -2.23. The van der Waals surface area contributed by atoms with Gasteiger partial charge in [0.2, 0.25) is 0 Å². The molecule has 0 saturated carbocycles. The lowest BCUT2D eigenvalue weighted by atomic mass is 10.0. The van der Waals surface area contributed by atoms with Crippen LogP contribution in [-0.2, 0) is 0 Å². The molecule has 1 N–H and O–H groups in total. The van der Waals surface area contributed by atoms with E-state index in [0.717, 1.165) is 0 Å². The number of nitrogens with one attached hydrogen (secondary N) is 1. The van der Waals surface area contributed by atoms with Crippen LogP contribution in [0, 0.1) is 0 Å². The van der Waals surface area contributed by atoms with E-state index in [-0.39, 0.29) is 0 Å². The molecule has 0 aromatic rings. The van der Waals surface area contributed by atoms with Crippen molar-refractivity contribution in [3.63, 3.8) is 0 Å². The summed E-state index contributed by atoms with van der Waals surface area (Å²) in [5.41, 5.74) is 4.88. The van der Waals surface area contributed by atoms with Crippen molar-refractivity contribution in [1.29, 1.82) is 0 Å². The Morgan fingerprint density at radius 1 is 1.62 bits per heavy atom. The average Bonchev–Trinajstić information content (AvgIpc) is 2.65. The minimum absolute atomic E-state index is 0.628. The summed E-state index contributed by atoms with van der Waals surface area (Å²) in [7, 11) is 0. The van der Waals surface area contributed by atoms with E-state index >= 15 is 0 Å². The summed E-state index contributed by atoms with van der Waals surface area (Å²) >= 11 is 0. The van der Waals surface area contributed by atoms with Crippen molar-refractivity contribution in [2.75, 3.05) is 6.54 Å². The number of hydrogen-bond acceptors (Lipinski definition) is 1. The normalized spacial score (nSPS) is 21.2. The summed E-state index contributed by atoms with van der Waals surface area (Å²) in [5, 5.41) is 3.53. The zero-order valence-electron chi connectivity index (χ0n) is 8.90. The number of rotatable bonds is 4. The molecule has 0 bridgehead atoms. The third kappa shape index (κ3) is 3.38. The van der Waals surface area contributed by atoms with Gasteiger partial charge in [0.15, 0.2) is 0 Å². The molecule has 1 nitrogen and oxygen atoms in total. The molecule has 74 valence electrons. The molecule has 13 heavy (non-hydrogen) atoms. The van der Waals surface area contributed by atoms with E-state index in [1.54, 1.807) is 0 Å². The van der Waals surface area contributed by atoms with Crippen LogP contribution < -0.4 is 5.32 Å². The molecule has 0 spiro atoms. The van der Waals surface area contributed by atoms with Crippen LogP contribution in [0.4, 0.5) is 0 Å². The highest BCUT2D eigenvalue weighted by Gasteiger charge is 2.17. The van der Waals surface area contributed by atoms with Crippen LogP contribution in [0.1, 0.15) is 46.0 Å². The first-order valence-electron chi connectivity index (χ1n) is 5.52. The monoisotopic (exact) mass is 179 g/mol. The molecule has 1 saturated heterocycles. The van der Waals surface area contributed by atoms with Gasteiger partial charge in [0.25, 0.3) is 0 Å². The van der Waals surface area contributed by atoms with Crippen molar-refractivity contribution in [1.82, 2.24) is 5.32 Å². The molecule has 1 heterocycles. The zero-order chi connectivity index (χ0) is 9.52. The minimum Gasteiger partial charge on any atom is -0.310 e. The van der Waals surface area contributed by atoms with Gasteiger partial charge >= 0.3 is 0 Å². The summed E-state index contributed by atoms with van der Waals surface area (Å²) in [6, 6.07) is 0.628. The molecule has 1 unspecified atom stereocenters. The van der Waals surface area contributed by atoms with Gasteiger partial charge in [-0.25, -0.2) is 0 Å². The first-order chi connectivity index (χ1) is 6.38. The Kier molecular flexibility index (Phi) is 4.88. The molecule has 1 aliphatic rings. The standard InChI is InChI=1S/C12H21N/c1-3-5-8-11(7-4-2)12-9-6-10-13-12/h4,12-13H,3,5-6,8-10H2,1-2H3. The largest absolute Gasteiger partial charge is 0.310 e. The molecular formula is C12H21N. The highest BCUT2D eigenvalue weighted by molar-refractivity contribution is 5.11. The van der Waals surface area contributed by atoms with Crippen molar-refractivity contribution in [3.05, 3.63) is 17.4 Å². The third-order valence-corrected chi connectivity index (χ3v) is 2.61. The average molecular weight is 179 g/mol. The van der Waals surface area contributed by atoms with E-state index in [4.69, 9.17) is 0 Å². The van der Waals surface area contributed by atoms with Crippen LogP contribution in [0.3, 0.4) is 0 Å². The molecular weight excluding hydrogens is 158 g/mol. The van der Waals surface area contributed by atoms with Gasteiger partial charge in [0.1, 0.15) is 0 Å². The van der Waals surface area contributed by atoms with Gasteiger partial charge in [-0.05, 0) is 50.8 Å². The molecule has 1 atom stereocenters. The zero-order valence-corrected chi connectivity index (χ0v) is 8.90. The predicted octanol–water partition coefficient (Wildman–Crippen LogP) is 3.03. The molecule has 0 radical (unpaired) electrons. The Morgan fingerprint density at radius 2 is 2.46 bits per heavy atom. The number of hydrogen-bond donors (Lipinski definition) is 1. The fourth-order valence-corrected chi connectivity index (χ4v) is 1.88. The third-order valence-electron chi connectivity index (χ3n) is 2.61. The van der Waals surface area contributed by atoms with Gasteiger partial charge in [-0.1, -0.05) is 13.3 Å². The SMILES string of the molecule is CC=C=C(CCCC)C1CCCN1. The van der Waals surface area contributed by atoms with Crippen LogP contribution in [0.15, 0.2) is 17.4 Å². The van der Waals surface area contributed by atoms with Gasteiger partial charge in [-0.15, -0.1) is 5.73 Å². The lowest BCUT2D eigenvalue weighted by molar-refractivity contribution is 0.638. The highest BCUT2D eigenvalue weighted by Crippen LogP contribution is 2.18. The Hall–Kier alpha value is -0.520. The van der Waals surface area contributed by atoms with Gasteiger partial charge in [-0.2, -0.15) is 0 Å². The van der Waals surface area contributed by atoms with Crippen molar-refractivity contribution in [2.24, 2.45) is 0 Å². The first-order valence-corrected chi connectivity index (χ1v) is 5.52. The van der Waals surface area contributed by atoms with Crippen molar-refractivity contribution >= 4 is 0 Å². The smallest absolute Gasteiger partial charge is 0.0355 e.